The highest BCUT2D eigenvalue weighted by atomic mass is 32.2. The molecule has 1 aliphatic heterocycles. The molecule has 132 valence electrons. The lowest BCUT2D eigenvalue weighted by molar-refractivity contribution is -0.385. The van der Waals surface area contributed by atoms with E-state index in [4.69, 9.17) is 5.11 Å². The van der Waals surface area contributed by atoms with Crippen LogP contribution in [0.1, 0.15) is 18.4 Å². The quantitative estimate of drug-likeness (QED) is 0.640. The summed E-state index contributed by atoms with van der Waals surface area (Å²) in [7, 11) is -4.78. The number of non-ortho nitro benzene ring substituents is 1. The van der Waals surface area contributed by atoms with Crippen LogP contribution < -0.4 is 0 Å². The first kappa shape index (κ1) is 18.1. The normalized spacial score (nSPS) is 19.4. The Morgan fingerprint density at radius 2 is 2.00 bits per heavy atom. The SMILES string of the molecule is O=C(O)[C@H]1CCCN1S(=O)(=O)c1ccc([N+](=O)[O-])cc1C(F)(F)F. The van der Waals surface area contributed by atoms with Gasteiger partial charge >= 0.3 is 12.1 Å². The van der Waals surface area contributed by atoms with Crippen LogP contribution in [-0.4, -0.2) is 41.3 Å². The molecule has 1 atom stereocenters. The average molecular weight is 368 g/mol. The fraction of sp³-hybridized carbons (Fsp3) is 0.417. The standard InChI is InChI=1S/C12H11F3N2O6S/c13-12(14,15)8-6-7(17(20)21)3-4-10(8)24(22,23)16-5-1-2-9(16)11(18)19/h3-4,6,9H,1-2,5H2,(H,18,19)/t9-/m1/s1. The molecular formula is C12H11F3N2O6S. The van der Waals surface area contributed by atoms with E-state index in [2.05, 4.69) is 0 Å². The summed E-state index contributed by atoms with van der Waals surface area (Å²) in [5.74, 6) is -1.47. The number of aliphatic carboxylic acids is 1. The largest absolute Gasteiger partial charge is 0.480 e. The number of nitro groups is 1. The van der Waals surface area contributed by atoms with Crippen molar-refractivity contribution in [1.29, 1.82) is 0 Å². The summed E-state index contributed by atoms with van der Waals surface area (Å²) >= 11 is 0. The van der Waals surface area contributed by atoms with E-state index in [0.717, 1.165) is 0 Å². The summed E-state index contributed by atoms with van der Waals surface area (Å²) in [4.78, 5) is 19.5. The van der Waals surface area contributed by atoms with Gasteiger partial charge in [-0.05, 0) is 18.9 Å². The second-order valence-electron chi connectivity index (χ2n) is 5.05. The van der Waals surface area contributed by atoms with E-state index in [1.807, 2.05) is 0 Å². The maximum atomic E-state index is 13.1. The van der Waals surface area contributed by atoms with Crippen LogP contribution in [0.25, 0.3) is 0 Å². The number of rotatable bonds is 4. The Bertz CT molecular complexity index is 792. The molecule has 1 heterocycles. The van der Waals surface area contributed by atoms with Crippen molar-refractivity contribution in [2.75, 3.05) is 6.54 Å². The number of sulfonamides is 1. The molecule has 0 amide bonds. The maximum absolute atomic E-state index is 13.1. The number of benzene rings is 1. The van der Waals surface area contributed by atoms with E-state index in [9.17, 15) is 36.5 Å². The molecule has 0 bridgehead atoms. The van der Waals surface area contributed by atoms with Gasteiger partial charge in [0.05, 0.1) is 15.4 Å². The first-order valence-electron chi connectivity index (χ1n) is 6.56. The van der Waals surface area contributed by atoms with Crippen molar-refractivity contribution in [2.24, 2.45) is 0 Å². The number of alkyl halides is 3. The van der Waals surface area contributed by atoms with Crippen LogP contribution in [0.15, 0.2) is 23.1 Å². The number of carboxylic acids is 1. The van der Waals surface area contributed by atoms with E-state index in [1.165, 1.54) is 0 Å². The summed E-state index contributed by atoms with van der Waals surface area (Å²) in [6, 6.07) is -0.230. The van der Waals surface area contributed by atoms with Gasteiger partial charge in [-0.15, -0.1) is 0 Å². The van der Waals surface area contributed by atoms with Crippen molar-refractivity contribution < 1.29 is 36.4 Å². The van der Waals surface area contributed by atoms with Crippen LogP contribution in [-0.2, 0) is 21.0 Å². The van der Waals surface area contributed by atoms with E-state index in [1.54, 1.807) is 0 Å². The summed E-state index contributed by atoms with van der Waals surface area (Å²) < 4.78 is 64.9. The molecule has 0 radical (unpaired) electrons. The summed E-state index contributed by atoms with van der Waals surface area (Å²) in [5, 5.41) is 19.7. The number of carboxylic acid groups (broad SMARTS) is 1. The first-order valence-corrected chi connectivity index (χ1v) is 8.00. The van der Waals surface area contributed by atoms with Gasteiger partial charge < -0.3 is 5.11 Å². The molecule has 0 saturated carbocycles. The topological polar surface area (TPSA) is 118 Å². The van der Waals surface area contributed by atoms with E-state index >= 15 is 0 Å². The average Bonchev–Trinajstić information content (AvgIpc) is 2.96. The van der Waals surface area contributed by atoms with Gasteiger partial charge in [0.15, 0.2) is 0 Å². The summed E-state index contributed by atoms with van der Waals surface area (Å²) in [6.45, 7) is -0.242. The van der Waals surface area contributed by atoms with Gasteiger partial charge in [0.2, 0.25) is 10.0 Å². The van der Waals surface area contributed by atoms with Crippen molar-refractivity contribution in [3.8, 4) is 0 Å². The molecule has 1 N–H and O–H groups in total. The fourth-order valence-electron chi connectivity index (χ4n) is 2.48. The molecule has 0 aliphatic carbocycles. The molecular weight excluding hydrogens is 357 g/mol. The number of carbonyl (C=O) groups is 1. The highest BCUT2D eigenvalue weighted by Gasteiger charge is 2.44. The van der Waals surface area contributed by atoms with Gasteiger partial charge in [-0.1, -0.05) is 0 Å². The minimum Gasteiger partial charge on any atom is -0.480 e. The van der Waals surface area contributed by atoms with Gasteiger partial charge in [0.25, 0.3) is 5.69 Å². The first-order chi connectivity index (χ1) is 11.0. The highest BCUT2D eigenvalue weighted by Crippen LogP contribution is 2.38. The Hall–Kier alpha value is -2.21. The lowest BCUT2D eigenvalue weighted by atomic mass is 10.2. The molecule has 1 saturated heterocycles. The second kappa shape index (κ2) is 6.02. The number of nitro benzene ring substituents is 1. The summed E-state index contributed by atoms with van der Waals surface area (Å²) in [5.41, 5.74) is -2.62. The predicted octanol–water partition coefficient (Wildman–Crippen LogP) is 1.85. The van der Waals surface area contributed by atoms with Crippen molar-refractivity contribution in [1.82, 2.24) is 4.31 Å². The van der Waals surface area contributed by atoms with Crippen LogP contribution in [0.2, 0.25) is 0 Å². The van der Waals surface area contributed by atoms with Gasteiger partial charge in [-0.2, -0.15) is 17.5 Å². The Kier molecular flexibility index (Phi) is 4.55. The van der Waals surface area contributed by atoms with Crippen LogP contribution in [0.3, 0.4) is 0 Å². The molecule has 0 aromatic heterocycles. The van der Waals surface area contributed by atoms with Gasteiger partial charge in [0, 0.05) is 18.7 Å². The number of hydrogen-bond acceptors (Lipinski definition) is 5. The molecule has 24 heavy (non-hydrogen) atoms. The fourth-order valence-corrected chi connectivity index (χ4v) is 4.32. The Labute approximate surface area is 133 Å². The predicted molar refractivity (Wildman–Crippen MR) is 72.6 cm³/mol. The Balaban J connectivity index is 2.62. The zero-order valence-electron chi connectivity index (χ0n) is 11.9. The number of halogens is 3. The van der Waals surface area contributed by atoms with E-state index in [-0.39, 0.29) is 25.5 Å². The van der Waals surface area contributed by atoms with Crippen molar-refractivity contribution in [2.45, 2.75) is 30.0 Å². The molecule has 1 aromatic rings. The zero-order valence-corrected chi connectivity index (χ0v) is 12.7. The lowest BCUT2D eigenvalue weighted by Crippen LogP contribution is -2.41. The third kappa shape index (κ3) is 3.19. The number of hydrogen-bond donors (Lipinski definition) is 1. The third-order valence-electron chi connectivity index (χ3n) is 3.55. The molecule has 0 spiro atoms. The second-order valence-corrected chi connectivity index (χ2v) is 6.91. The lowest BCUT2D eigenvalue weighted by Gasteiger charge is -2.23. The molecule has 12 heteroatoms. The molecule has 1 aliphatic rings. The minimum atomic E-state index is -5.16. The van der Waals surface area contributed by atoms with Crippen molar-refractivity contribution in [3.05, 3.63) is 33.9 Å². The molecule has 0 unspecified atom stereocenters. The van der Waals surface area contributed by atoms with Crippen LogP contribution >= 0.6 is 0 Å². The number of nitrogens with zero attached hydrogens (tertiary/aromatic N) is 2. The Morgan fingerprint density at radius 1 is 1.38 bits per heavy atom. The van der Waals surface area contributed by atoms with Crippen molar-refractivity contribution >= 4 is 21.7 Å². The van der Waals surface area contributed by atoms with Crippen molar-refractivity contribution in [3.63, 3.8) is 0 Å². The maximum Gasteiger partial charge on any atom is 0.417 e. The minimum absolute atomic E-state index is 0.0249. The van der Waals surface area contributed by atoms with Crippen LogP contribution in [0, 0.1) is 10.1 Å². The van der Waals surface area contributed by atoms with Gasteiger partial charge in [-0.25, -0.2) is 8.42 Å². The smallest absolute Gasteiger partial charge is 0.417 e. The van der Waals surface area contributed by atoms with Gasteiger partial charge in [-0.3, -0.25) is 14.9 Å². The Morgan fingerprint density at radius 3 is 2.50 bits per heavy atom. The zero-order chi connectivity index (χ0) is 18.3. The molecule has 2 rings (SSSR count). The molecule has 1 aromatic carbocycles. The van der Waals surface area contributed by atoms with Crippen LogP contribution in [0.5, 0.6) is 0 Å². The third-order valence-corrected chi connectivity index (χ3v) is 5.52. The molecule has 1 fully saturated rings. The van der Waals surface area contributed by atoms with Gasteiger partial charge in [0.1, 0.15) is 6.04 Å². The summed E-state index contributed by atoms with van der Waals surface area (Å²) in [6.07, 6.45) is -5.00. The van der Waals surface area contributed by atoms with Crippen LogP contribution in [0.4, 0.5) is 18.9 Å². The van der Waals surface area contributed by atoms with E-state index in [0.29, 0.717) is 16.4 Å². The molecule has 8 nitrogen and oxygen atoms in total. The van der Waals surface area contributed by atoms with E-state index < -0.39 is 49.3 Å². The monoisotopic (exact) mass is 368 g/mol. The highest BCUT2D eigenvalue weighted by molar-refractivity contribution is 7.89.